The fourth-order valence-electron chi connectivity index (χ4n) is 1.39. The number of hydrogen-bond donors (Lipinski definition) is 2. The van der Waals surface area contributed by atoms with E-state index >= 15 is 0 Å². The lowest BCUT2D eigenvalue weighted by atomic mass is 10.3. The van der Waals surface area contributed by atoms with E-state index < -0.39 is 0 Å². The fraction of sp³-hybridized carbons (Fsp3) is 0.875. The van der Waals surface area contributed by atoms with Crippen LogP contribution in [0.5, 0.6) is 0 Å². The molecule has 74 valence electrons. The molecule has 0 amide bonds. The average Bonchev–Trinajstić information content (AvgIpc) is 2.49. The summed E-state index contributed by atoms with van der Waals surface area (Å²) in [6.45, 7) is 4.56. The monoisotopic (exact) mass is 185 g/mol. The standard InChI is InChI=1S/C8H15N3O2/c1-2-10-8(9-1)11-7-5-12-3-4-13-6-7/h7H,1-6H2,(H2,9,10,11). The van der Waals surface area contributed by atoms with Crippen LogP contribution < -0.4 is 10.6 Å². The van der Waals surface area contributed by atoms with Crippen LogP contribution in [0.25, 0.3) is 0 Å². The van der Waals surface area contributed by atoms with Crippen molar-refractivity contribution in [3.63, 3.8) is 0 Å². The molecule has 1 saturated heterocycles. The van der Waals surface area contributed by atoms with Crippen LogP contribution in [0, 0.1) is 0 Å². The molecule has 0 saturated carbocycles. The average molecular weight is 185 g/mol. The minimum absolute atomic E-state index is 0.229. The van der Waals surface area contributed by atoms with Gasteiger partial charge < -0.3 is 20.1 Å². The van der Waals surface area contributed by atoms with E-state index in [1.165, 1.54) is 0 Å². The molecule has 0 atom stereocenters. The Labute approximate surface area is 77.5 Å². The van der Waals surface area contributed by atoms with E-state index in [4.69, 9.17) is 9.47 Å². The normalized spacial score (nSPS) is 24.8. The molecular formula is C8H15N3O2. The van der Waals surface area contributed by atoms with Crippen LogP contribution in [0.1, 0.15) is 0 Å². The lowest BCUT2D eigenvalue weighted by molar-refractivity contribution is 0.103. The first-order chi connectivity index (χ1) is 6.45. The fourth-order valence-corrected chi connectivity index (χ4v) is 1.39. The van der Waals surface area contributed by atoms with E-state index in [2.05, 4.69) is 15.6 Å². The van der Waals surface area contributed by atoms with Gasteiger partial charge in [-0.2, -0.15) is 0 Å². The number of nitrogens with one attached hydrogen (secondary N) is 2. The van der Waals surface area contributed by atoms with E-state index in [1.807, 2.05) is 0 Å². The van der Waals surface area contributed by atoms with Crippen LogP contribution in [-0.4, -0.2) is 51.5 Å². The summed E-state index contributed by atoms with van der Waals surface area (Å²) in [5.41, 5.74) is 0. The van der Waals surface area contributed by atoms with Crippen LogP contribution in [0.3, 0.4) is 0 Å². The zero-order chi connectivity index (χ0) is 8.93. The van der Waals surface area contributed by atoms with Gasteiger partial charge in [-0.15, -0.1) is 0 Å². The summed E-state index contributed by atoms with van der Waals surface area (Å²) in [7, 11) is 0. The Morgan fingerprint density at radius 1 is 1.31 bits per heavy atom. The highest BCUT2D eigenvalue weighted by atomic mass is 16.5. The molecule has 5 nitrogen and oxygen atoms in total. The summed E-state index contributed by atoms with van der Waals surface area (Å²) < 4.78 is 10.7. The van der Waals surface area contributed by atoms with Crippen molar-refractivity contribution in [1.29, 1.82) is 0 Å². The molecule has 0 bridgehead atoms. The predicted octanol–water partition coefficient (Wildman–Crippen LogP) is -1.05. The summed E-state index contributed by atoms with van der Waals surface area (Å²) in [6.07, 6.45) is 0. The quantitative estimate of drug-likeness (QED) is 0.547. The second-order valence-corrected chi connectivity index (χ2v) is 3.15. The first-order valence-corrected chi connectivity index (χ1v) is 4.65. The minimum Gasteiger partial charge on any atom is -0.377 e. The van der Waals surface area contributed by atoms with E-state index in [0.717, 1.165) is 19.0 Å². The Bertz CT molecular complexity index is 188. The molecule has 1 fully saturated rings. The molecule has 2 heterocycles. The van der Waals surface area contributed by atoms with Crippen molar-refractivity contribution in [2.45, 2.75) is 6.04 Å². The molecule has 0 spiro atoms. The highest BCUT2D eigenvalue weighted by Gasteiger charge is 2.15. The lowest BCUT2D eigenvalue weighted by Crippen LogP contribution is -2.45. The first-order valence-electron chi connectivity index (χ1n) is 4.65. The van der Waals surface area contributed by atoms with Crippen molar-refractivity contribution in [3.8, 4) is 0 Å². The Morgan fingerprint density at radius 2 is 2.08 bits per heavy atom. The van der Waals surface area contributed by atoms with E-state index in [0.29, 0.717) is 26.4 Å². The van der Waals surface area contributed by atoms with Crippen molar-refractivity contribution in [3.05, 3.63) is 0 Å². The lowest BCUT2D eigenvalue weighted by Gasteiger charge is -2.16. The van der Waals surface area contributed by atoms with Gasteiger partial charge in [0.15, 0.2) is 5.96 Å². The van der Waals surface area contributed by atoms with E-state index in [-0.39, 0.29) is 6.04 Å². The maximum absolute atomic E-state index is 5.35. The van der Waals surface area contributed by atoms with Crippen molar-refractivity contribution >= 4 is 5.96 Å². The maximum Gasteiger partial charge on any atom is 0.191 e. The van der Waals surface area contributed by atoms with Crippen molar-refractivity contribution < 1.29 is 9.47 Å². The molecular weight excluding hydrogens is 170 g/mol. The molecule has 2 aliphatic heterocycles. The summed E-state index contributed by atoms with van der Waals surface area (Å²) in [6, 6.07) is 0.229. The number of rotatable bonds is 1. The van der Waals surface area contributed by atoms with Crippen LogP contribution in [0.2, 0.25) is 0 Å². The Kier molecular flexibility index (Phi) is 2.99. The van der Waals surface area contributed by atoms with Crippen LogP contribution in [-0.2, 0) is 9.47 Å². The highest BCUT2D eigenvalue weighted by molar-refractivity contribution is 5.81. The summed E-state index contributed by atoms with van der Waals surface area (Å²) in [5, 5.41) is 6.40. The molecule has 0 radical (unpaired) electrons. The zero-order valence-electron chi connectivity index (χ0n) is 7.58. The molecule has 0 aromatic heterocycles. The molecule has 2 aliphatic rings. The third kappa shape index (κ3) is 2.57. The third-order valence-corrected chi connectivity index (χ3v) is 2.03. The number of aliphatic imine (C=N–C) groups is 1. The van der Waals surface area contributed by atoms with Gasteiger partial charge in [-0.05, 0) is 0 Å². The van der Waals surface area contributed by atoms with E-state index in [9.17, 15) is 0 Å². The van der Waals surface area contributed by atoms with Gasteiger partial charge in [0.2, 0.25) is 0 Å². The largest absolute Gasteiger partial charge is 0.377 e. The molecule has 13 heavy (non-hydrogen) atoms. The molecule has 5 heteroatoms. The zero-order valence-corrected chi connectivity index (χ0v) is 7.58. The van der Waals surface area contributed by atoms with Crippen molar-refractivity contribution in [2.75, 3.05) is 39.5 Å². The second kappa shape index (κ2) is 4.43. The summed E-state index contributed by atoms with van der Waals surface area (Å²) >= 11 is 0. The predicted molar refractivity (Wildman–Crippen MR) is 48.9 cm³/mol. The van der Waals surface area contributed by atoms with Crippen LogP contribution in [0.15, 0.2) is 4.99 Å². The van der Waals surface area contributed by atoms with Crippen LogP contribution >= 0.6 is 0 Å². The molecule has 0 aromatic carbocycles. The molecule has 2 N–H and O–H groups in total. The number of guanidine groups is 1. The Balaban J connectivity index is 1.78. The summed E-state index contributed by atoms with van der Waals surface area (Å²) in [4.78, 5) is 4.24. The van der Waals surface area contributed by atoms with E-state index in [1.54, 1.807) is 0 Å². The Hall–Kier alpha value is -0.810. The maximum atomic E-state index is 5.35. The summed E-state index contributed by atoms with van der Waals surface area (Å²) in [5.74, 6) is 0.874. The topological polar surface area (TPSA) is 54.9 Å². The van der Waals surface area contributed by atoms with Gasteiger partial charge in [0.1, 0.15) is 0 Å². The third-order valence-electron chi connectivity index (χ3n) is 2.03. The van der Waals surface area contributed by atoms with Gasteiger partial charge in [-0.25, -0.2) is 0 Å². The molecule has 0 aromatic rings. The van der Waals surface area contributed by atoms with Crippen molar-refractivity contribution in [2.24, 2.45) is 4.99 Å². The smallest absolute Gasteiger partial charge is 0.191 e. The van der Waals surface area contributed by atoms with Gasteiger partial charge in [-0.3, -0.25) is 4.99 Å². The number of nitrogens with zero attached hydrogens (tertiary/aromatic N) is 1. The van der Waals surface area contributed by atoms with Gasteiger partial charge in [0.25, 0.3) is 0 Å². The highest BCUT2D eigenvalue weighted by Crippen LogP contribution is 1.95. The van der Waals surface area contributed by atoms with Crippen molar-refractivity contribution in [1.82, 2.24) is 10.6 Å². The minimum atomic E-state index is 0.229. The Morgan fingerprint density at radius 3 is 2.69 bits per heavy atom. The van der Waals surface area contributed by atoms with Gasteiger partial charge in [0, 0.05) is 6.54 Å². The molecule has 2 rings (SSSR count). The second-order valence-electron chi connectivity index (χ2n) is 3.15. The van der Waals surface area contributed by atoms with Crippen LogP contribution in [0.4, 0.5) is 0 Å². The number of hydrogen-bond acceptors (Lipinski definition) is 5. The number of ether oxygens (including phenoxy) is 2. The van der Waals surface area contributed by atoms with Gasteiger partial charge in [-0.1, -0.05) is 0 Å². The first kappa shape index (κ1) is 8.77. The van der Waals surface area contributed by atoms with Gasteiger partial charge >= 0.3 is 0 Å². The van der Waals surface area contributed by atoms with Gasteiger partial charge in [0.05, 0.1) is 39.0 Å². The molecule has 0 unspecified atom stereocenters. The molecule has 0 aliphatic carbocycles. The SMILES string of the molecule is C1CNC(NC2COCCOC2)=N1.